The van der Waals surface area contributed by atoms with Crippen molar-refractivity contribution in [3.05, 3.63) is 65.0 Å². The van der Waals surface area contributed by atoms with Crippen LogP contribution in [0.1, 0.15) is 43.6 Å². The summed E-state index contributed by atoms with van der Waals surface area (Å²) in [5.74, 6) is 1.11. The second kappa shape index (κ2) is 8.40. The second-order valence-electron chi connectivity index (χ2n) is 7.97. The molecule has 0 spiro atoms. The first-order chi connectivity index (χ1) is 14.8. The molecule has 152 valence electrons. The molecular weight excluding hydrogens is 392 g/mol. The lowest BCUT2D eigenvalue weighted by Crippen LogP contribution is -2.29. The number of aromatic amines is 1. The number of benzene rings is 2. The molecular formula is C24H24N4OS. The van der Waals surface area contributed by atoms with Crippen LogP contribution < -0.4 is 5.32 Å². The molecule has 0 aliphatic heterocycles. The number of nitrogens with zero attached hydrogens (tertiary/aromatic N) is 2. The Labute approximate surface area is 179 Å². The van der Waals surface area contributed by atoms with E-state index in [1.54, 1.807) is 16.8 Å². The summed E-state index contributed by atoms with van der Waals surface area (Å²) in [6.07, 6.45) is 5.92. The largest absolute Gasteiger partial charge is 0.337 e. The van der Waals surface area contributed by atoms with Crippen LogP contribution in [0.5, 0.6) is 0 Å². The van der Waals surface area contributed by atoms with Gasteiger partial charge in [-0.1, -0.05) is 49.6 Å². The third-order valence-corrected chi connectivity index (χ3v) is 6.57. The van der Waals surface area contributed by atoms with Crippen LogP contribution in [0.3, 0.4) is 0 Å². The standard InChI is InChI=1S/C24H24N4OS/c29-24(22(16-7-3-1-4-8-16)17-9-5-2-6-10-17)26-18-11-12-19-20(13-18)28-23(27-19)21-14-30-15-25-21/h1,3-4,7-8,11-15,17,22H,2,5-6,9-10H2,(H,26,29)(H,27,28). The molecule has 1 unspecified atom stereocenters. The van der Waals surface area contributed by atoms with Crippen molar-refractivity contribution in [2.24, 2.45) is 5.92 Å². The van der Waals surface area contributed by atoms with E-state index < -0.39 is 0 Å². The monoisotopic (exact) mass is 416 g/mol. The Kier molecular flexibility index (Phi) is 5.32. The van der Waals surface area contributed by atoms with Gasteiger partial charge in [-0.3, -0.25) is 4.79 Å². The molecule has 0 radical (unpaired) electrons. The van der Waals surface area contributed by atoms with Gasteiger partial charge in [0.15, 0.2) is 5.82 Å². The predicted molar refractivity (Wildman–Crippen MR) is 122 cm³/mol. The Balaban J connectivity index is 1.41. The van der Waals surface area contributed by atoms with Gasteiger partial charge in [-0.05, 0) is 42.5 Å². The summed E-state index contributed by atoms with van der Waals surface area (Å²) >= 11 is 1.54. The molecule has 4 aromatic rings. The molecule has 0 bridgehead atoms. The zero-order valence-corrected chi connectivity index (χ0v) is 17.5. The van der Waals surface area contributed by atoms with Gasteiger partial charge >= 0.3 is 0 Å². The van der Waals surface area contributed by atoms with Crippen molar-refractivity contribution in [1.82, 2.24) is 15.0 Å². The van der Waals surface area contributed by atoms with Crippen LogP contribution in [-0.4, -0.2) is 20.9 Å². The summed E-state index contributed by atoms with van der Waals surface area (Å²) < 4.78 is 0. The number of carbonyl (C=O) groups excluding carboxylic acids is 1. The van der Waals surface area contributed by atoms with Crippen LogP contribution >= 0.6 is 11.3 Å². The number of thiazole rings is 1. The number of aromatic nitrogens is 3. The summed E-state index contributed by atoms with van der Waals surface area (Å²) in [6, 6.07) is 16.0. The van der Waals surface area contributed by atoms with Crippen molar-refractivity contribution in [2.45, 2.75) is 38.0 Å². The van der Waals surface area contributed by atoms with Crippen LogP contribution in [0.4, 0.5) is 5.69 Å². The maximum Gasteiger partial charge on any atom is 0.232 e. The molecule has 6 heteroatoms. The van der Waals surface area contributed by atoms with Crippen LogP contribution in [-0.2, 0) is 4.79 Å². The Morgan fingerprint density at radius 2 is 1.93 bits per heavy atom. The van der Waals surface area contributed by atoms with Gasteiger partial charge in [-0.2, -0.15) is 0 Å². The van der Waals surface area contributed by atoms with Crippen molar-refractivity contribution in [1.29, 1.82) is 0 Å². The Bertz CT molecular complexity index is 1130. The minimum atomic E-state index is -0.116. The van der Waals surface area contributed by atoms with Crippen LogP contribution in [0.15, 0.2) is 59.4 Å². The highest BCUT2D eigenvalue weighted by Gasteiger charge is 2.31. The van der Waals surface area contributed by atoms with Gasteiger partial charge in [0.25, 0.3) is 0 Å². The highest BCUT2D eigenvalue weighted by molar-refractivity contribution is 7.07. The van der Waals surface area contributed by atoms with Crippen LogP contribution in [0, 0.1) is 5.92 Å². The summed E-state index contributed by atoms with van der Waals surface area (Å²) in [6.45, 7) is 0. The first-order valence-corrected chi connectivity index (χ1v) is 11.5. The van der Waals surface area contributed by atoms with E-state index in [9.17, 15) is 4.79 Å². The molecule has 1 amide bonds. The van der Waals surface area contributed by atoms with E-state index in [-0.39, 0.29) is 11.8 Å². The summed E-state index contributed by atoms with van der Waals surface area (Å²) in [7, 11) is 0. The maximum atomic E-state index is 13.4. The van der Waals surface area contributed by atoms with E-state index in [0.29, 0.717) is 5.92 Å². The summed E-state index contributed by atoms with van der Waals surface area (Å²) in [4.78, 5) is 25.6. The fourth-order valence-corrected chi connectivity index (χ4v) is 5.06. The molecule has 5 rings (SSSR count). The van der Waals surface area contributed by atoms with Gasteiger partial charge in [0.1, 0.15) is 5.69 Å². The van der Waals surface area contributed by atoms with Crippen molar-refractivity contribution >= 4 is 34.0 Å². The fraction of sp³-hybridized carbons (Fsp3) is 0.292. The van der Waals surface area contributed by atoms with Crippen molar-refractivity contribution < 1.29 is 4.79 Å². The number of fused-ring (bicyclic) bond motifs is 1. The summed E-state index contributed by atoms with van der Waals surface area (Å²) in [5.41, 5.74) is 6.28. The highest BCUT2D eigenvalue weighted by atomic mass is 32.1. The van der Waals surface area contributed by atoms with Crippen molar-refractivity contribution in [3.8, 4) is 11.5 Å². The minimum Gasteiger partial charge on any atom is -0.337 e. The number of rotatable bonds is 5. The molecule has 2 N–H and O–H groups in total. The number of anilines is 1. The molecule has 1 aliphatic carbocycles. The topological polar surface area (TPSA) is 70.7 Å². The molecule has 2 heterocycles. The average Bonchev–Trinajstić information content (AvgIpc) is 3.45. The Hall–Kier alpha value is -2.99. The second-order valence-corrected chi connectivity index (χ2v) is 8.69. The number of amides is 1. The van der Waals surface area contributed by atoms with E-state index >= 15 is 0 Å². The third kappa shape index (κ3) is 3.87. The molecule has 0 saturated heterocycles. The van der Waals surface area contributed by atoms with Crippen molar-refractivity contribution in [2.75, 3.05) is 5.32 Å². The number of hydrogen-bond donors (Lipinski definition) is 2. The van der Waals surface area contributed by atoms with E-state index in [2.05, 4.69) is 32.4 Å². The molecule has 2 aromatic heterocycles. The van der Waals surface area contributed by atoms with Crippen molar-refractivity contribution in [3.63, 3.8) is 0 Å². The maximum absolute atomic E-state index is 13.4. The van der Waals surface area contributed by atoms with Gasteiger partial charge in [0.2, 0.25) is 5.91 Å². The van der Waals surface area contributed by atoms with Gasteiger partial charge < -0.3 is 10.3 Å². The zero-order chi connectivity index (χ0) is 20.3. The van der Waals surface area contributed by atoms with Gasteiger partial charge in [0.05, 0.1) is 22.5 Å². The molecule has 30 heavy (non-hydrogen) atoms. The van der Waals surface area contributed by atoms with Crippen LogP contribution in [0.25, 0.3) is 22.6 Å². The normalized spacial score (nSPS) is 15.9. The number of imidazole rings is 1. The van der Waals surface area contributed by atoms with Gasteiger partial charge in [-0.25, -0.2) is 9.97 Å². The van der Waals surface area contributed by atoms with E-state index in [0.717, 1.165) is 46.6 Å². The average molecular weight is 417 g/mol. The molecule has 1 fully saturated rings. The SMILES string of the molecule is O=C(Nc1ccc2nc(-c3cscn3)[nH]c2c1)C(c1ccccc1)C1CCCCC1. The predicted octanol–water partition coefficient (Wildman–Crippen LogP) is 5.99. The third-order valence-electron chi connectivity index (χ3n) is 5.99. The fourth-order valence-electron chi connectivity index (χ4n) is 4.52. The lowest BCUT2D eigenvalue weighted by Gasteiger charge is -2.29. The highest BCUT2D eigenvalue weighted by Crippen LogP contribution is 2.37. The number of hydrogen-bond acceptors (Lipinski definition) is 4. The molecule has 1 atom stereocenters. The zero-order valence-electron chi connectivity index (χ0n) is 16.7. The lowest BCUT2D eigenvalue weighted by atomic mass is 9.76. The number of H-pyrrole nitrogens is 1. The van der Waals surface area contributed by atoms with Crippen LogP contribution in [0.2, 0.25) is 0 Å². The minimum absolute atomic E-state index is 0.0756. The first kappa shape index (κ1) is 19.0. The first-order valence-electron chi connectivity index (χ1n) is 10.5. The molecule has 1 saturated carbocycles. The quantitative estimate of drug-likeness (QED) is 0.420. The lowest BCUT2D eigenvalue weighted by molar-refractivity contribution is -0.119. The van der Waals surface area contributed by atoms with E-state index in [4.69, 9.17) is 0 Å². The van der Waals surface area contributed by atoms with Gasteiger partial charge in [-0.15, -0.1) is 11.3 Å². The van der Waals surface area contributed by atoms with E-state index in [1.807, 2.05) is 41.8 Å². The van der Waals surface area contributed by atoms with Gasteiger partial charge in [0, 0.05) is 11.1 Å². The number of carbonyl (C=O) groups is 1. The summed E-state index contributed by atoms with van der Waals surface area (Å²) in [5, 5.41) is 5.14. The Morgan fingerprint density at radius 3 is 2.70 bits per heavy atom. The molecule has 2 aromatic carbocycles. The van der Waals surface area contributed by atoms with E-state index in [1.165, 1.54) is 19.3 Å². The smallest absolute Gasteiger partial charge is 0.232 e. The molecule has 5 nitrogen and oxygen atoms in total. The number of nitrogens with one attached hydrogen (secondary N) is 2. The molecule has 1 aliphatic rings. The Morgan fingerprint density at radius 1 is 1.10 bits per heavy atom.